The van der Waals surface area contributed by atoms with Gasteiger partial charge in [0.2, 0.25) is 0 Å². The van der Waals surface area contributed by atoms with Gasteiger partial charge in [0.25, 0.3) is 5.91 Å². The molecule has 0 aliphatic carbocycles. The molecule has 1 amide bonds. The third kappa shape index (κ3) is 2.99. The summed E-state index contributed by atoms with van der Waals surface area (Å²) in [6.45, 7) is 5.22. The Morgan fingerprint density at radius 3 is 2.80 bits per heavy atom. The Labute approximate surface area is 119 Å². The van der Waals surface area contributed by atoms with E-state index in [0.29, 0.717) is 24.5 Å². The highest BCUT2D eigenvalue weighted by molar-refractivity contribution is 5.96. The maximum Gasteiger partial charge on any atom is 0.276 e. The van der Waals surface area contributed by atoms with E-state index in [-0.39, 0.29) is 5.91 Å². The topological polar surface area (TPSA) is 64.2 Å². The molecule has 0 fully saturated rings. The Morgan fingerprint density at radius 2 is 2.20 bits per heavy atom. The molecular weight excluding hydrogens is 252 g/mol. The average Bonchev–Trinajstić information content (AvgIpc) is 2.79. The Hall–Kier alpha value is -2.30. The maximum atomic E-state index is 12.4. The van der Waals surface area contributed by atoms with Crippen LogP contribution in [0.5, 0.6) is 0 Å². The van der Waals surface area contributed by atoms with E-state index < -0.39 is 0 Å². The molecule has 2 N–H and O–H groups in total. The van der Waals surface area contributed by atoms with Gasteiger partial charge >= 0.3 is 0 Å². The summed E-state index contributed by atoms with van der Waals surface area (Å²) in [6, 6.07) is 8.10. The molecule has 5 heteroatoms. The number of carbonyl (C=O) groups is 1. The minimum absolute atomic E-state index is 0.156. The van der Waals surface area contributed by atoms with E-state index in [1.807, 2.05) is 32.0 Å². The normalized spacial score (nSPS) is 10.6. The molecule has 0 radical (unpaired) electrons. The highest BCUT2D eigenvalue weighted by Crippen LogP contribution is 2.14. The Morgan fingerprint density at radius 1 is 1.45 bits per heavy atom. The molecule has 20 heavy (non-hydrogen) atoms. The van der Waals surface area contributed by atoms with E-state index in [2.05, 4.69) is 11.2 Å². The summed E-state index contributed by atoms with van der Waals surface area (Å²) in [5.41, 5.74) is 8.86. The number of rotatable bonds is 4. The SMILES string of the molecule is CCn1cc(N)c(C(=O)N(C)Cc2cccc(C)c2)n1. The molecule has 0 aliphatic heterocycles. The van der Waals surface area contributed by atoms with E-state index in [9.17, 15) is 4.79 Å². The maximum absolute atomic E-state index is 12.4. The van der Waals surface area contributed by atoms with Crippen LogP contribution in [0.2, 0.25) is 0 Å². The van der Waals surface area contributed by atoms with Crippen molar-refractivity contribution in [2.45, 2.75) is 26.9 Å². The third-order valence-electron chi connectivity index (χ3n) is 3.17. The fraction of sp³-hybridized carbons (Fsp3) is 0.333. The highest BCUT2D eigenvalue weighted by atomic mass is 16.2. The van der Waals surface area contributed by atoms with Gasteiger partial charge in [0.05, 0.1) is 5.69 Å². The molecule has 1 aromatic heterocycles. The van der Waals surface area contributed by atoms with Gasteiger partial charge < -0.3 is 10.6 Å². The van der Waals surface area contributed by atoms with E-state index in [0.717, 1.165) is 5.56 Å². The minimum atomic E-state index is -0.156. The van der Waals surface area contributed by atoms with Gasteiger partial charge in [0.15, 0.2) is 5.69 Å². The minimum Gasteiger partial charge on any atom is -0.396 e. The molecule has 0 bridgehead atoms. The predicted molar refractivity (Wildman–Crippen MR) is 79.3 cm³/mol. The molecule has 106 valence electrons. The number of hydrogen-bond acceptors (Lipinski definition) is 3. The first-order valence-electron chi connectivity index (χ1n) is 6.65. The number of aryl methyl sites for hydroxylation is 2. The molecule has 0 atom stereocenters. The van der Waals surface area contributed by atoms with Crippen molar-refractivity contribution in [1.29, 1.82) is 0 Å². The van der Waals surface area contributed by atoms with Crippen molar-refractivity contribution in [1.82, 2.24) is 14.7 Å². The van der Waals surface area contributed by atoms with Crippen molar-refractivity contribution < 1.29 is 4.79 Å². The summed E-state index contributed by atoms with van der Waals surface area (Å²) in [6.07, 6.45) is 1.69. The van der Waals surface area contributed by atoms with Crippen LogP contribution in [0.25, 0.3) is 0 Å². The van der Waals surface area contributed by atoms with Crippen LogP contribution in [0, 0.1) is 6.92 Å². The number of hydrogen-bond donors (Lipinski definition) is 1. The van der Waals surface area contributed by atoms with E-state index in [4.69, 9.17) is 5.73 Å². The van der Waals surface area contributed by atoms with Gasteiger partial charge in [-0.3, -0.25) is 9.48 Å². The van der Waals surface area contributed by atoms with Crippen LogP contribution in [0.15, 0.2) is 30.5 Å². The molecular formula is C15H20N4O. The Balaban J connectivity index is 2.14. The molecule has 0 saturated carbocycles. The smallest absolute Gasteiger partial charge is 0.276 e. The second-order valence-electron chi connectivity index (χ2n) is 4.94. The first kappa shape index (κ1) is 14.1. The van der Waals surface area contributed by atoms with E-state index in [1.54, 1.807) is 22.8 Å². The molecule has 0 unspecified atom stereocenters. The van der Waals surface area contributed by atoms with Crippen molar-refractivity contribution in [2.75, 3.05) is 12.8 Å². The summed E-state index contributed by atoms with van der Waals surface area (Å²) in [5.74, 6) is -0.156. The quantitative estimate of drug-likeness (QED) is 0.926. The van der Waals surface area contributed by atoms with Gasteiger partial charge in [0.1, 0.15) is 0 Å². The summed E-state index contributed by atoms with van der Waals surface area (Å²) in [4.78, 5) is 14.0. The van der Waals surface area contributed by atoms with Crippen molar-refractivity contribution in [3.05, 3.63) is 47.3 Å². The van der Waals surface area contributed by atoms with Crippen molar-refractivity contribution in [3.63, 3.8) is 0 Å². The number of anilines is 1. The lowest BCUT2D eigenvalue weighted by atomic mass is 10.1. The molecule has 0 saturated heterocycles. The van der Waals surface area contributed by atoms with Crippen LogP contribution in [0.3, 0.4) is 0 Å². The van der Waals surface area contributed by atoms with Gasteiger partial charge in [-0.1, -0.05) is 29.8 Å². The standard InChI is InChI=1S/C15H20N4O/c1-4-19-10-13(16)14(17-19)15(20)18(3)9-12-7-5-6-11(2)8-12/h5-8,10H,4,9,16H2,1-3H3. The second kappa shape index (κ2) is 5.77. The second-order valence-corrected chi connectivity index (χ2v) is 4.94. The van der Waals surface area contributed by atoms with Gasteiger partial charge in [-0.05, 0) is 19.4 Å². The molecule has 2 aromatic rings. The molecule has 0 aliphatic rings. The van der Waals surface area contributed by atoms with E-state index in [1.165, 1.54) is 5.56 Å². The lowest BCUT2D eigenvalue weighted by molar-refractivity contribution is 0.0779. The van der Waals surface area contributed by atoms with Crippen molar-refractivity contribution in [2.24, 2.45) is 0 Å². The Kier molecular flexibility index (Phi) is 4.08. The molecule has 0 spiro atoms. The first-order chi connectivity index (χ1) is 9.51. The number of carbonyl (C=O) groups excluding carboxylic acids is 1. The molecule has 5 nitrogen and oxygen atoms in total. The fourth-order valence-electron chi connectivity index (χ4n) is 2.10. The summed E-state index contributed by atoms with van der Waals surface area (Å²) >= 11 is 0. The lowest BCUT2D eigenvalue weighted by Gasteiger charge is -2.16. The zero-order chi connectivity index (χ0) is 14.7. The zero-order valence-corrected chi connectivity index (χ0v) is 12.1. The van der Waals surface area contributed by atoms with E-state index >= 15 is 0 Å². The number of nitrogens with two attached hydrogens (primary N) is 1. The van der Waals surface area contributed by atoms with Crippen LogP contribution in [-0.4, -0.2) is 27.6 Å². The van der Waals surface area contributed by atoms with Gasteiger partial charge in [0, 0.05) is 26.3 Å². The van der Waals surface area contributed by atoms with Gasteiger partial charge in [-0.25, -0.2) is 0 Å². The summed E-state index contributed by atoms with van der Waals surface area (Å²) < 4.78 is 1.67. The van der Waals surface area contributed by atoms with Gasteiger partial charge in [-0.2, -0.15) is 5.10 Å². The summed E-state index contributed by atoms with van der Waals surface area (Å²) in [7, 11) is 1.76. The lowest BCUT2D eigenvalue weighted by Crippen LogP contribution is -2.27. The zero-order valence-electron chi connectivity index (χ0n) is 12.1. The van der Waals surface area contributed by atoms with Crippen LogP contribution in [0.1, 0.15) is 28.5 Å². The highest BCUT2D eigenvalue weighted by Gasteiger charge is 2.18. The number of benzene rings is 1. The number of amides is 1. The third-order valence-corrected chi connectivity index (χ3v) is 3.17. The molecule has 2 rings (SSSR count). The number of nitrogen functional groups attached to an aromatic ring is 1. The summed E-state index contributed by atoms with van der Waals surface area (Å²) in [5, 5.41) is 4.21. The fourth-order valence-corrected chi connectivity index (χ4v) is 2.10. The van der Waals surface area contributed by atoms with Crippen LogP contribution < -0.4 is 5.73 Å². The monoisotopic (exact) mass is 272 g/mol. The average molecular weight is 272 g/mol. The van der Waals surface area contributed by atoms with Crippen LogP contribution in [0.4, 0.5) is 5.69 Å². The van der Waals surface area contributed by atoms with Crippen LogP contribution >= 0.6 is 0 Å². The van der Waals surface area contributed by atoms with Gasteiger partial charge in [-0.15, -0.1) is 0 Å². The van der Waals surface area contributed by atoms with Crippen molar-refractivity contribution >= 4 is 11.6 Å². The van der Waals surface area contributed by atoms with Crippen LogP contribution in [-0.2, 0) is 13.1 Å². The molecule has 1 heterocycles. The molecule has 1 aromatic carbocycles. The number of aromatic nitrogens is 2. The van der Waals surface area contributed by atoms with Crippen molar-refractivity contribution in [3.8, 4) is 0 Å². The predicted octanol–water partition coefficient (Wildman–Crippen LogP) is 2.07. The number of nitrogens with zero attached hydrogens (tertiary/aromatic N) is 3. The Bertz CT molecular complexity index is 618. The largest absolute Gasteiger partial charge is 0.396 e. The first-order valence-corrected chi connectivity index (χ1v) is 6.65.